The van der Waals surface area contributed by atoms with E-state index in [9.17, 15) is 8.42 Å². The Morgan fingerprint density at radius 2 is 1.78 bits per heavy atom. The van der Waals surface area contributed by atoms with E-state index in [0.29, 0.717) is 11.3 Å². The highest BCUT2D eigenvalue weighted by atomic mass is 32.2. The number of benzene rings is 2. The molecule has 0 aliphatic rings. The molecule has 0 aliphatic carbocycles. The van der Waals surface area contributed by atoms with Crippen molar-refractivity contribution in [1.82, 2.24) is 0 Å². The van der Waals surface area contributed by atoms with Crippen LogP contribution in [-0.2, 0) is 10.0 Å². The fourth-order valence-corrected chi connectivity index (χ4v) is 2.50. The lowest BCUT2D eigenvalue weighted by molar-refractivity contribution is 0.415. The monoisotopic (exact) mass is 263 g/mol. The summed E-state index contributed by atoms with van der Waals surface area (Å²) in [7, 11) is -2.18. The molecule has 0 aromatic heterocycles. The summed E-state index contributed by atoms with van der Waals surface area (Å²) in [5.41, 5.74) is 1.32. The minimum Gasteiger partial charge on any atom is -0.497 e. The lowest BCUT2D eigenvalue weighted by atomic mass is 10.1. The van der Waals surface area contributed by atoms with E-state index in [1.54, 1.807) is 43.5 Å². The Labute approximate surface area is 106 Å². The van der Waals surface area contributed by atoms with Gasteiger partial charge in [-0.15, -0.1) is 0 Å². The van der Waals surface area contributed by atoms with Gasteiger partial charge in [0.05, 0.1) is 12.0 Å². The van der Waals surface area contributed by atoms with Crippen LogP contribution in [0.25, 0.3) is 11.1 Å². The van der Waals surface area contributed by atoms with Crippen LogP contribution in [0.5, 0.6) is 5.75 Å². The summed E-state index contributed by atoms with van der Waals surface area (Å²) in [5, 5.41) is 5.21. The minimum absolute atomic E-state index is 0.109. The number of primary sulfonamides is 1. The largest absolute Gasteiger partial charge is 0.497 e. The van der Waals surface area contributed by atoms with Crippen LogP contribution in [0.2, 0.25) is 0 Å². The average Bonchev–Trinajstić information content (AvgIpc) is 2.38. The van der Waals surface area contributed by atoms with Gasteiger partial charge >= 0.3 is 0 Å². The number of hydrogen-bond donors (Lipinski definition) is 1. The maximum absolute atomic E-state index is 11.5. The van der Waals surface area contributed by atoms with Crippen molar-refractivity contribution in [1.29, 1.82) is 0 Å². The van der Waals surface area contributed by atoms with E-state index in [2.05, 4.69) is 0 Å². The smallest absolute Gasteiger partial charge is 0.238 e. The molecule has 0 aliphatic heterocycles. The standard InChI is InChI=1S/C13H13NO3S/c1-17-11-6-4-5-10(9-11)12-7-2-3-8-13(12)18(14,15)16/h2-9H,1H3,(H2,14,15,16). The maximum atomic E-state index is 11.5. The molecule has 0 radical (unpaired) electrons. The summed E-state index contributed by atoms with van der Waals surface area (Å²) in [6.45, 7) is 0. The van der Waals surface area contributed by atoms with Crippen LogP contribution >= 0.6 is 0 Å². The summed E-state index contributed by atoms with van der Waals surface area (Å²) in [5.74, 6) is 0.664. The molecule has 94 valence electrons. The Bertz CT molecular complexity index is 665. The first-order chi connectivity index (χ1) is 8.52. The first-order valence-electron chi connectivity index (χ1n) is 5.28. The first-order valence-corrected chi connectivity index (χ1v) is 6.83. The van der Waals surface area contributed by atoms with E-state index in [-0.39, 0.29) is 4.90 Å². The average molecular weight is 263 g/mol. The fraction of sp³-hybridized carbons (Fsp3) is 0.0769. The van der Waals surface area contributed by atoms with E-state index >= 15 is 0 Å². The van der Waals surface area contributed by atoms with Crippen LogP contribution in [-0.4, -0.2) is 15.5 Å². The molecule has 0 heterocycles. The molecule has 0 saturated heterocycles. The topological polar surface area (TPSA) is 69.4 Å². The Morgan fingerprint density at radius 1 is 1.06 bits per heavy atom. The highest BCUT2D eigenvalue weighted by Gasteiger charge is 2.14. The Morgan fingerprint density at radius 3 is 2.44 bits per heavy atom. The second kappa shape index (κ2) is 4.80. The van der Waals surface area contributed by atoms with Crippen LogP contribution in [0.15, 0.2) is 53.4 Å². The zero-order valence-corrected chi connectivity index (χ0v) is 10.6. The molecule has 0 amide bonds. The SMILES string of the molecule is COc1cccc(-c2ccccc2S(N)(=O)=O)c1. The summed E-state index contributed by atoms with van der Waals surface area (Å²) < 4.78 is 28.2. The van der Waals surface area contributed by atoms with Gasteiger partial charge in [-0.25, -0.2) is 13.6 Å². The molecule has 0 atom stereocenters. The molecule has 18 heavy (non-hydrogen) atoms. The quantitative estimate of drug-likeness (QED) is 0.921. The van der Waals surface area contributed by atoms with Gasteiger partial charge in [0.25, 0.3) is 0 Å². The van der Waals surface area contributed by atoms with Crippen molar-refractivity contribution < 1.29 is 13.2 Å². The van der Waals surface area contributed by atoms with Crippen molar-refractivity contribution in [3.8, 4) is 16.9 Å². The number of nitrogens with two attached hydrogens (primary N) is 1. The van der Waals surface area contributed by atoms with Gasteiger partial charge in [0, 0.05) is 5.56 Å². The van der Waals surface area contributed by atoms with E-state index in [4.69, 9.17) is 9.88 Å². The molecule has 2 aromatic rings. The maximum Gasteiger partial charge on any atom is 0.238 e. The number of sulfonamides is 1. The van der Waals surface area contributed by atoms with Crippen molar-refractivity contribution in [3.63, 3.8) is 0 Å². The molecule has 0 saturated carbocycles. The van der Waals surface area contributed by atoms with Crippen LogP contribution in [0.1, 0.15) is 0 Å². The van der Waals surface area contributed by atoms with Crippen molar-refractivity contribution in [2.45, 2.75) is 4.90 Å². The van der Waals surface area contributed by atoms with Crippen molar-refractivity contribution in [2.75, 3.05) is 7.11 Å². The second-order valence-electron chi connectivity index (χ2n) is 3.77. The lowest BCUT2D eigenvalue weighted by Crippen LogP contribution is -2.13. The first kappa shape index (κ1) is 12.6. The van der Waals surface area contributed by atoms with Gasteiger partial charge < -0.3 is 4.74 Å². The van der Waals surface area contributed by atoms with Crippen molar-refractivity contribution in [2.24, 2.45) is 5.14 Å². The van der Waals surface area contributed by atoms with Gasteiger partial charge in [-0.05, 0) is 23.8 Å². The predicted molar refractivity (Wildman–Crippen MR) is 69.8 cm³/mol. The molecular formula is C13H13NO3S. The van der Waals surface area contributed by atoms with Gasteiger partial charge in [0.1, 0.15) is 5.75 Å². The molecule has 0 unspecified atom stereocenters. The molecule has 0 fully saturated rings. The van der Waals surface area contributed by atoms with Gasteiger partial charge in [0.15, 0.2) is 0 Å². The summed E-state index contributed by atoms with van der Waals surface area (Å²) >= 11 is 0. The highest BCUT2D eigenvalue weighted by Crippen LogP contribution is 2.28. The number of hydrogen-bond acceptors (Lipinski definition) is 3. The van der Waals surface area contributed by atoms with Gasteiger partial charge in [0.2, 0.25) is 10.0 Å². The molecule has 0 bridgehead atoms. The third-order valence-electron chi connectivity index (χ3n) is 2.57. The minimum atomic E-state index is -3.74. The Hall–Kier alpha value is -1.85. The zero-order valence-electron chi connectivity index (χ0n) is 9.83. The number of rotatable bonds is 3. The fourth-order valence-electron chi connectivity index (χ4n) is 1.74. The Kier molecular flexibility index (Phi) is 3.36. The molecule has 2 N–H and O–H groups in total. The van der Waals surface area contributed by atoms with Crippen LogP contribution in [0.4, 0.5) is 0 Å². The molecule has 4 nitrogen and oxygen atoms in total. The molecule has 2 aromatic carbocycles. The third-order valence-corrected chi connectivity index (χ3v) is 3.54. The van der Waals surface area contributed by atoms with Crippen molar-refractivity contribution >= 4 is 10.0 Å². The van der Waals surface area contributed by atoms with Gasteiger partial charge in [-0.3, -0.25) is 0 Å². The van der Waals surface area contributed by atoms with E-state index in [1.165, 1.54) is 6.07 Å². The van der Waals surface area contributed by atoms with E-state index in [0.717, 1.165) is 5.56 Å². The van der Waals surface area contributed by atoms with Gasteiger partial charge in [-0.2, -0.15) is 0 Å². The third kappa shape index (κ3) is 2.52. The molecular weight excluding hydrogens is 250 g/mol. The van der Waals surface area contributed by atoms with E-state index in [1.807, 2.05) is 6.07 Å². The molecule has 5 heteroatoms. The van der Waals surface area contributed by atoms with E-state index < -0.39 is 10.0 Å². The highest BCUT2D eigenvalue weighted by molar-refractivity contribution is 7.89. The van der Waals surface area contributed by atoms with Gasteiger partial charge in [-0.1, -0.05) is 30.3 Å². The second-order valence-corrected chi connectivity index (χ2v) is 5.30. The number of methoxy groups -OCH3 is 1. The Balaban J connectivity index is 2.64. The van der Waals surface area contributed by atoms with Crippen LogP contribution in [0, 0.1) is 0 Å². The zero-order chi connectivity index (χ0) is 13.2. The number of ether oxygens (including phenoxy) is 1. The molecule has 0 spiro atoms. The summed E-state index contributed by atoms with van der Waals surface area (Å²) in [6.07, 6.45) is 0. The predicted octanol–water partition coefficient (Wildman–Crippen LogP) is 2.01. The lowest BCUT2D eigenvalue weighted by Gasteiger charge is -2.09. The van der Waals surface area contributed by atoms with Crippen LogP contribution in [0.3, 0.4) is 0 Å². The normalized spacial score (nSPS) is 11.2. The van der Waals surface area contributed by atoms with Crippen LogP contribution < -0.4 is 9.88 Å². The van der Waals surface area contributed by atoms with Crippen molar-refractivity contribution in [3.05, 3.63) is 48.5 Å². The summed E-state index contributed by atoms with van der Waals surface area (Å²) in [4.78, 5) is 0.109. The summed E-state index contributed by atoms with van der Waals surface area (Å²) in [6, 6.07) is 13.8. The molecule has 2 rings (SSSR count).